The van der Waals surface area contributed by atoms with Crippen molar-refractivity contribution in [2.24, 2.45) is 0 Å². The summed E-state index contributed by atoms with van der Waals surface area (Å²) in [5, 5.41) is 18.2. The summed E-state index contributed by atoms with van der Waals surface area (Å²) in [5.74, 6) is -3.20. The molecule has 26 heavy (non-hydrogen) atoms. The van der Waals surface area contributed by atoms with Gasteiger partial charge < -0.3 is 10.2 Å². The van der Waals surface area contributed by atoms with Gasteiger partial charge in [0.05, 0.1) is 16.0 Å². The van der Waals surface area contributed by atoms with E-state index in [1.807, 2.05) is 0 Å². The Kier molecular flexibility index (Phi) is 4.88. The highest BCUT2D eigenvalue weighted by Crippen LogP contribution is 2.28. The second kappa shape index (κ2) is 6.49. The molecule has 0 atom stereocenters. The van der Waals surface area contributed by atoms with Crippen LogP contribution in [-0.2, 0) is 20.2 Å². The first-order valence-corrected chi connectivity index (χ1v) is 9.40. The lowest BCUT2D eigenvalue weighted by molar-refractivity contribution is 0.0683. The first-order chi connectivity index (χ1) is 11.8. The van der Waals surface area contributed by atoms with Crippen LogP contribution in [0.5, 0.6) is 0 Å². The third kappa shape index (κ3) is 4.05. The van der Waals surface area contributed by atoms with E-state index in [-0.39, 0.29) is 11.1 Å². The fourth-order valence-electron chi connectivity index (χ4n) is 2.14. The quantitative estimate of drug-likeness (QED) is 0.531. The molecule has 0 saturated carbocycles. The number of aromatic carboxylic acids is 2. The number of hydrogen-bond donors (Lipinski definition) is 4. The predicted octanol–water partition coefficient (Wildman–Crippen LogP) is 1.24. The molecule has 0 aromatic heterocycles. The van der Waals surface area contributed by atoms with Gasteiger partial charge >= 0.3 is 11.9 Å². The Morgan fingerprint density at radius 1 is 0.731 bits per heavy atom. The lowest BCUT2D eigenvalue weighted by Crippen LogP contribution is -2.08. The molecule has 10 nitrogen and oxygen atoms in total. The molecule has 2 aromatic rings. The number of carboxylic acids is 2. The van der Waals surface area contributed by atoms with Gasteiger partial charge in [0.15, 0.2) is 0 Å². The topological polar surface area (TPSA) is 183 Å². The summed E-state index contributed by atoms with van der Waals surface area (Å²) < 4.78 is 63.3. The maximum absolute atomic E-state index is 11.3. The first kappa shape index (κ1) is 19.5. The Morgan fingerprint density at radius 3 is 1.81 bits per heavy atom. The van der Waals surface area contributed by atoms with E-state index in [1.54, 1.807) is 0 Å². The van der Waals surface area contributed by atoms with E-state index in [1.165, 1.54) is 0 Å². The highest BCUT2D eigenvalue weighted by atomic mass is 32.2. The van der Waals surface area contributed by atoms with Gasteiger partial charge in [-0.15, -0.1) is 0 Å². The van der Waals surface area contributed by atoms with Gasteiger partial charge in [0.1, 0.15) is 4.90 Å². The minimum Gasteiger partial charge on any atom is -0.478 e. The standard InChI is InChI=1S/C14H10O10S2/c15-13(16)9-3-8(4-10(5-9)25(19,20)21)7-1-2-12(26(22,23)24)11(6-7)14(17)18/h1-6H,(H,15,16)(H,17,18)(H,19,20,21)(H,22,23,24). The molecule has 2 aromatic carbocycles. The number of carboxylic acid groups (broad SMARTS) is 2. The van der Waals surface area contributed by atoms with Crippen molar-refractivity contribution in [3.8, 4) is 11.1 Å². The number of benzene rings is 2. The first-order valence-electron chi connectivity index (χ1n) is 6.52. The van der Waals surface area contributed by atoms with E-state index in [0.717, 1.165) is 30.3 Å². The van der Waals surface area contributed by atoms with Crippen molar-refractivity contribution in [3.63, 3.8) is 0 Å². The summed E-state index contributed by atoms with van der Waals surface area (Å²) >= 11 is 0. The zero-order valence-corrected chi connectivity index (χ0v) is 14.2. The summed E-state index contributed by atoms with van der Waals surface area (Å²) in [6, 6.07) is 5.23. The molecular formula is C14H10O10S2. The van der Waals surface area contributed by atoms with E-state index in [9.17, 15) is 26.4 Å². The Morgan fingerprint density at radius 2 is 1.35 bits per heavy atom. The minimum atomic E-state index is -4.84. The molecule has 0 unspecified atom stereocenters. The van der Waals surface area contributed by atoms with Crippen molar-refractivity contribution in [1.29, 1.82) is 0 Å². The summed E-state index contributed by atoms with van der Waals surface area (Å²) in [4.78, 5) is 20.8. The summed E-state index contributed by atoms with van der Waals surface area (Å²) in [7, 11) is -9.60. The summed E-state index contributed by atoms with van der Waals surface area (Å²) in [5.41, 5.74) is -1.48. The van der Waals surface area contributed by atoms with Crippen LogP contribution in [0, 0.1) is 0 Å². The maximum Gasteiger partial charge on any atom is 0.337 e. The van der Waals surface area contributed by atoms with Gasteiger partial charge in [-0.1, -0.05) is 6.07 Å². The molecule has 0 bridgehead atoms. The SMILES string of the molecule is O=C(O)c1cc(-c2ccc(S(=O)(=O)O)c(C(=O)O)c2)cc(S(=O)(=O)O)c1. The van der Waals surface area contributed by atoms with Crippen LogP contribution in [0.15, 0.2) is 46.2 Å². The Labute approximate surface area is 146 Å². The van der Waals surface area contributed by atoms with Crippen LogP contribution in [0.3, 0.4) is 0 Å². The zero-order valence-electron chi connectivity index (χ0n) is 12.5. The van der Waals surface area contributed by atoms with Crippen LogP contribution in [0.4, 0.5) is 0 Å². The third-order valence-corrected chi connectivity index (χ3v) is 5.02. The van der Waals surface area contributed by atoms with Gasteiger partial charge in [-0.3, -0.25) is 9.11 Å². The molecule has 0 amide bonds. The van der Waals surface area contributed by atoms with E-state index < -0.39 is 53.1 Å². The number of rotatable bonds is 5. The molecule has 0 aliphatic heterocycles. The fourth-order valence-corrected chi connectivity index (χ4v) is 3.36. The maximum atomic E-state index is 11.3. The van der Waals surface area contributed by atoms with Gasteiger partial charge in [0.25, 0.3) is 20.2 Å². The number of hydrogen-bond acceptors (Lipinski definition) is 6. The number of carbonyl (C=O) groups is 2. The molecular weight excluding hydrogens is 392 g/mol. The largest absolute Gasteiger partial charge is 0.478 e. The van der Waals surface area contributed by atoms with E-state index in [4.69, 9.17) is 19.3 Å². The molecule has 0 aliphatic rings. The third-order valence-electron chi connectivity index (χ3n) is 3.27. The van der Waals surface area contributed by atoms with Gasteiger partial charge in [-0.2, -0.15) is 16.8 Å². The van der Waals surface area contributed by atoms with Crippen LogP contribution in [0.25, 0.3) is 11.1 Å². The monoisotopic (exact) mass is 402 g/mol. The molecule has 0 heterocycles. The molecule has 138 valence electrons. The van der Waals surface area contributed by atoms with E-state index in [0.29, 0.717) is 6.07 Å². The molecule has 2 rings (SSSR count). The van der Waals surface area contributed by atoms with Crippen LogP contribution in [0.1, 0.15) is 20.7 Å². The lowest BCUT2D eigenvalue weighted by Gasteiger charge is -2.09. The van der Waals surface area contributed by atoms with Crippen LogP contribution < -0.4 is 0 Å². The van der Waals surface area contributed by atoms with Crippen LogP contribution in [0.2, 0.25) is 0 Å². The second-order valence-electron chi connectivity index (χ2n) is 5.02. The van der Waals surface area contributed by atoms with E-state index >= 15 is 0 Å². The van der Waals surface area contributed by atoms with Crippen LogP contribution >= 0.6 is 0 Å². The average Bonchev–Trinajstić information content (AvgIpc) is 2.52. The van der Waals surface area contributed by atoms with Crippen molar-refractivity contribution < 1.29 is 45.7 Å². The summed E-state index contributed by atoms with van der Waals surface area (Å²) in [6.07, 6.45) is 0. The molecule has 4 N–H and O–H groups in total. The van der Waals surface area contributed by atoms with Crippen molar-refractivity contribution >= 4 is 32.2 Å². The average molecular weight is 402 g/mol. The van der Waals surface area contributed by atoms with Crippen LogP contribution in [-0.4, -0.2) is 48.1 Å². The molecule has 0 aliphatic carbocycles. The normalized spacial score (nSPS) is 11.9. The molecule has 12 heteroatoms. The van der Waals surface area contributed by atoms with Gasteiger partial charge in [-0.25, -0.2) is 9.59 Å². The van der Waals surface area contributed by atoms with Crippen molar-refractivity contribution in [1.82, 2.24) is 0 Å². The van der Waals surface area contributed by atoms with Crippen molar-refractivity contribution in [3.05, 3.63) is 47.5 Å². The highest BCUT2D eigenvalue weighted by Gasteiger charge is 2.22. The molecule has 0 spiro atoms. The zero-order chi connectivity index (χ0) is 19.9. The Bertz CT molecular complexity index is 1130. The Hall–Kier alpha value is -2.80. The van der Waals surface area contributed by atoms with Crippen molar-refractivity contribution in [2.75, 3.05) is 0 Å². The summed E-state index contributed by atoms with van der Waals surface area (Å²) in [6.45, 7) is 0. The highest BCUT2D eigenvalue weighted by molar-refractivity contribution is 7.86. The van der Waals surface area contributed by atoms with Gasteiger partial charge in [0, 0.05) is 0 Å². The molecule has 0 fully saturated rings. The molecule has 0 saturated heterocycles. The smallest absolute Gasteiger partial charge is 0.337 e. The van der Waals surface area contributed by atoms with Crippen molar-refractivity contribution in [2.45, 2.75) is 9.79 Å². The fraction of sp³-hybridized carbons (Fsp3) is 0. The predicted molar refractivity (Wildman–Crippen MR) is 85.4 cm³/mol. The van der Waals surface area contributed by atoms with Gasteiger partial charge in [0.2, 0.25) is 0 Å². The Balaban J connectivity index is 2.80. The van der Waals surface area contributed by atoms with E-state index in [2.05, 4.69) is 0 Å². The van der Waals surface area contributed by atoms with Gasteiger partial charge in [-0.05, 0) is 41.5 Å². The molecule has 0 radical (unpaired) electrons. The minimum absolute atomic E-state index is 0.0530. The lowest BCUT2D eigenvalue weighted by atomic mass is 10.0. The second-order valence-corrected chi connectivity index (χ2v) is 7.83.